The van der Waals surface area contributed by atoms with E-state index in [0.29, 0.717) is 32.0 Å². The summed E-state index contributed by atoms with van der Waals surface area (Å²) in [5, 5.41) is 11.2. The summed E-state index contributed by atoms with van der Waals surface area (Å²) in [6.45, 7) is 2.44. The molecule has 1 unspecified atom stereocenters. The molecule has 1 aromatic rings. The maximum Gasteiger partial charge on any atom is 0.326 e. The maximum atomic E-state index is 10.8. The van der Waals surface area contributed by atoms with Crippen LogP contribution in [0.3, 0.4) is 0 Å². The molecule has 0 saturated carbocycles. The molecule has 8 heteroatoms. The van der Waals surface area contributed by atoms with Gasteiger partial charge in [-0.3, -0.25) is 4.79 Å². The van der Waals surface area contributed by atoms with Gasteiger partial charge in [0.2, 0.25) is 0 Å². The number of carbonyl (C=O) groups is 1. The van der Waals surface area contributed by atoms with Crippen molar-refractivity contribution in [2.45, 2.75) is 6.04 Å². The molecule has 0 bridgehead atoms. The second-order valence-electron chi connectivity index (χ2n) is 3.84. The SMILES string of the molecule is COCCN(CCOC)c1nc(C(N)C(=O)O)cs1. The second kappa shape index (κ2) is 8.05. The lowest BCUT2D eigenvalue weighted by molar-refractivity contribution is -0.138. The van der Waals surface area contributed by atoms with E-state index in [1.807, 2.05) is 4.90 Å². The molecule has 1 atom stereocenters. The standard InChI is InChI=1S/C11H19N3O4S/c1-17-5-3-14(4-6-18-2)11-13-8(7-19-11)9(12)10(15)16/h7,9H,3-6,12H2,1-2H3,(H,15,16). The number of nitrogens with two attached hydrogens (primary N) is 1. The van der Waals surface area contributed by atoms with Gasteiger partial charge < -0.3 is 25.2 Å². The van der Waals surface area contributed by atoms with Crippen LogP contribution < -0.4 is 10.6 Å². The molecule has 108 valence electrons. The van der Waals surface area contributed by atoms with Gasteiger partial charge in [0, 0.05) is 32.7 Å². The van der Waals surface area contributed by atoms with Gasteiger partial charge in [-0.1, -0.05) is 0 Å². The Morgan fingerprint density at radius 1 is 1.47 bits per heavy atom. The largest absolute Gasteiger partial charge is 0.480 e. The molecular weight excluding hydrogens is 270 g/mol. The number of aliphatic carboxylic acids is 1. The highest BCUT2D eigenvalue weighted by molar-refractivity contribution is 7.13. The first-order valence-corrected chi connectivity index (χ1v) is 6.64. The highest BCUT2D eigenvalue weighted by Crippen LogP contribution is 2.23. The molecule has 7 nitrogen and oxygen atoms in total. The second-order valence-corrected chi connectivity index (χ2v) is 4.68. The molecule has 0 aliphatic heterocycles. The van der Waals surface area contributed by atoms with Crippen LogP contribution in [0.5, 0.6) is 0 Å². The predicted molar refractivity (Wildman–Crippen MR) is 72.6 cm³/mol. The van der Waals surface area contributed by atoms with Crippen LogP contribution in [0.2, 0.25) is 0 Å². The number of ether oxygens (including phenoxy) is 2. The summed E-state index contributed by atoms with van der Waals surface area (Å²) in [6, 6.07) is -1.09. The highest BCUT2D eigenvalue weighted by Gasteiger charge is 2.19. The summed E-state index contributed by atoms with van der Waals surface area (Å²) in [5.74, 6) is -1.09. The number of hydrogen-bond donors (Lipinski definition) is 2. The van der Waals surface area contributed by atoms with Crippen molar-refractivity contribution in [3.05, 3.63) is 11.1 Å². The van der Waals surface area contributed by atoms with Crippen molar-refractivity contribution < 1.29 is 19.4 Å². The Hall–Kier alpha value is -1.22. The van der Waals surface area contributed by atoms with E-state index in [1.165, 1.54) is 11.3 Å². The van der Waals surface area contributed by atoms with Gasteiger partial charge >= 0.3 is 5.97 Å². The van der Waals surface area contributed by atoms with Gasteiger partial charge in [-0.15, -0.1) is 11.3 Å². The van der Waals surface area contributed by atoms with E-state index in [0.717, 1.165) is 5.13 Å². The molecule has 0 aliphatic carbocycles. The average molecular weight is 289 g/mol. The lowest BCUT2D eigenvalue weighted by atomic mass is 10.2. The van der Waals surface area contributed by atoms with Gasteiger partial charge in [-0.25, -0.2) is 4.98 Å². The van der Waals surface area contributed by atoms with E-state index in [4.69, 9.17) is 20.3 Å². The number of nitrogens with zero attached hydrogens (tertiary/aromatic N) is 2. The third kappa shape index (κ3) is 4.75. The van der Waals surface area contributed by atoms with Crippen molar-refractivity contribution in [2.24, 2.45) is 5.73 Å². The van der Waals surface area contributed by atoms with Crippen LogP contribution >= 0.6 is 11.3 Å². The lowest BCUT2D eigenvalue weighted by Gasteiger charge is -2.20. The number of carboxylic acids is 1. The summed E-state index contributed by atoms with van der Waals surface area (Å²) >= 11 is 1.36. The van der Waals surface area contributed by atoms with E-state index < -0.39 is 12.0 Å². The molecular formula is C11H19N3O4S. The van der Waals surface area contributed by atoms with Crippen molar-refractivity contribution in [3.63, 3.8) is 0 Å². The van der Waals surface area contributed by atoms with Crippen molar-refractivity contribution in [2.75, 3.05) is 45.4 Å². The number of methoxy groups -OCH3 is 2. The zero-order chi connectivity index (χ0) is 14.3. The van der Waals surface area contributed by atoms with Crippen LogP contribution in [-0.2, 0) is 14.3 Å². The van der Waals surface area contributed by atoms with Gasteiger partial charge in [0.25, 0.3) is 0 Å². The predicted octanol–water partition coefficient (Wildman–Crippen LogP) is 0.327. The third-order valence-electron chi connectivity index (χ3n) is 2.50. The van der Waals surface area contributed by atoms with E-state index >= 15 is 0 Å². The van der Waals surface area contributed by atoms with Gasteiger partial charge in [0.15, 0.2) is 5.13 Å². The minimum absolute atomic E-state index is 0.368. The first kappa shape index (κ1) is 15.8. The van der Waals surface area contributed by atoms with Crippen molar-refractivity contribution in [1.29, 1.82) is 0 Å². The molecule has 0 radical (unpaired) electrons. The quantitative estimate of drug-likeness (QED) is 0.676. The van der Waals surface area contributed by atoms with Crippen LogP contribution in [0.1, 0.15) is 11.7 Å². The van der Waals surface area contributed by atoms with E-state index in [9.17, 15) is 4.79 Å². The number of rotatable bonds is 9. The monoisotopic (exact) mass is 289 g/mol. The third-order valence-corrected chi connectivity index (χ3v) is 3.42. The Morgan fingerprint density at radius 2 is 2.05 bits per heavy atom. The number of hydrogen-bond acceptors (Lipinski definition) is 7. The average Bonchev–Trinajstić information content (AvgIpc) is 2.87. The summed E-state index contributed by atoms with van der Waals surface area (Å²) < 4.78 is 10.1. The fourth-order valence-corrected chi connectivity index (χ4v) is 2.31. The summed E-state index contributed by atoms with van der Waals surface area (Å²) in [6.07, 6.45) is 0. The smallest absolute Gasteiger partial charge is 0.326 e. The van der Waals surface area contributed by atoms with Crippen LogP contribution in [0.25, 0.3) is 0 Å². The van der Waals surface area contributed by atoms with Crippen molar-refractivity contribution >= 4 is 22.4 Å². The number of thiazole rings is 1. The Labute approximate surface area is 115 Å². The zero-order valence-corrected chi connectivity index (χ0v) is 11.9. The first-order valence-electron chi connectivity index (χ1n) is 5.76. The number of aromatic nitrogens is 1. The Kier molecular flexibility index (Phi) is 6.71. The zero-order valence-electron chi connectivity index (χ0n) is 11.0. The van der Waals surface area contributed by atoms with Gasteiger partial charge in [-0.05, 0) is 0 Å². The molecule has 0 aromatic carbocycles. The van der Waals surface area contributed by atoms with Gasteiger partial charge in [-0.2, -0.15) is 0 Å². The van der Waals surface area contributed by atoms with Crippen LogP contribution in [0.4, 0.5) is 5.13 Å². The molecule has 1 rings (SSSR count). The molecule has 0 saturated heterocycles. The molecule has 1 heterocycles. The normalized spacial score (nSPS) is 12.4. The van der Waals surface area contributed by atoms with Gasteiger partial charge in [0.05, 0.1) is 18.9 Å². The fraction of sp³-hybridized carbons (Fsp3) is 0.636. The molecule has 19 heavy (non-hydrogen) atoms. The minimum atomic E-state index is -1.09. The Bertz CT molecular complexity index is 391. The van der Waals surface area contributed by atoms with E-state index in [2.05, 4.69) is 4.98 Å². The Morgan fingerprint density at radius 3 is 2.53 bits per heavy atom. The van der Waals surface area contributed by atoms with Crippen molar-refractivity contribution in [3.8, 4) is 0 Å². The molecule has 0 amide bonds. The summed E-state index contributed by atoms with van der Waals surface area (Å²) in [5.41, 5.74) is 5.90. The number of carboxylic acid groups (broad SMARTS) is 1. The van der Waals surface area contributed by atoms with Crippen molar-refractivity contribution in [1.82, 2.24) is 4.98 Å². The molecule has 1 aromatic heterocycles. The fourth-order valence-electron chi connectivity index (χ4n) is 1.40. The van der Waals surface area contributed by atoms with Crippen LogP contribution in [0, 0.1) is 0 Å². The molecule has 0 aliphatic rings. The van der Waals surface area contributed by atoms with E-state index in [-0.39, 0.29) is 0 Å². The lowest BCUT2D eigenvalue weighted by Crippen LogP contribution is -2.30. The Balaban J connectivity index is 2.75. The molecule has 0 spiro atoms. The maximum absolute atomic E-state index is 10.8. The topological polar surface area (TPSA) is 97.9 Å². The molecule has 0 fully saturated rings. The minimum Gasteiger partial charge on any atom is -0.480 e. The summed E-state index contributed by atoms with van der Waals surface area (Å²) in [7, 11) is 3.25. The van der Waals surface area contributed by atoms with Gasteiger partial charge in [0.1, 0.15) is 6.04 Å². The summed E-state index contributed by atoms with van der Waals surface area (Å²) in [4.78, 5) is 17.1. The highest BCUT2D eigenvalue weighted by atomic mass is 32.1. The number of anilines is 1. The molecule has 3 N–H and O–H groups in total. The van der Waals surface area contributed by atoms with E-state index in [1.54, 1.807) is 19.6 Å². The first-order chi connectivity index (χ1) is 9.10. The van der Waals surface area contributed by atoms with Crippen LogP contribution in [0.15, 0.2) is 5.38 Å². The van der Waals surface area contributed by atoms with Crippen LogP contribution in [-0.4, -0.2) is 56.6 Å².